The molecule has 0 spiro atoms. The number of hydrogen-bond donors (Lipinski definition) is 2. The van der Waals surface area contributed by atoms with E-state index in [-0.39, 0.29) is 11.5 Å². The minimum absolute atomic E-state index is 0.179. The van der Waals surface area contributed by atoms with Gasteiger partial charge in [-0.1, -0.05) is 30.3 Å². The fourth-order valence-electron chi connectivity index (χ4n) is 3.68. The number of aromatic amines is 1. The SMILES string of the molecule is O=C(NOC1CCCCO1)c1ccc2[nH]c(=O)c(CCCCc3ccccc3)nc2c1. The van der Waals surface area contributed by atoms with Crippen LogP contribution in [0.3, 0.4) is 0 Å². The number of fused-ring (bicyclic) bond motifs is 1. The second-order valence-corrected chi connectivity index (χ2v) is 7.78. The predicted octanol–water partition coefficient (Wildman–Crippen LogP) is 3.68. The van der Waals surface area contributed by atoms with Crippen LogP contribution in [0.25, 0.3) is 11.0 Å². The van der Waals surface area contributed by atoms with Gasteiger partial charge in [-0.05, 0) is 62.3 Å². The third-order valence-corrected chi connectivity index (χ3v) is 5.42. The zero-order valence-corrected chi connectivity index (χ0v) is 17.4. The zero-order valence-electron chi connectivity index (χ0n) is 17.4. The monoisotopic (exact) mass is 421 g/mol. The molecule has 2 aromatic carbocycles. The van der Waals surface area contributed by atoms with Crippen LogP contribution >= 0.6 is 0 Å². The van der Waals surface area contributed by atoms with Crippen LogP contribution in [0, 0.1) is 0 Å². The van der Waals surface area contributed by atoms with Gasteiger partial charge in [0.1, 0.15) is 5.69 Å². The Bertz CT molecular complexity index is 1080. The molecule has 1 unspecified atom stereocenters. The molecular weight excluding hydrogens is 394 g/mol. The highest BCUT2D eigenvalue weighted by molar-refractivity contribution is 5.96. The molecule has 4 rings (SSSR count). The average molecular weight is 421 g/mol. The number of amides is 1. The Hall–Kier alpha value is -3.03. The lowest BCUT2D eigenvalue weighted by molar-refractivity contribution is -0.186. The Kier molecular flexibility index (Phi) is 7.07. The molecule has 162 valence electrons. The van der Waals surface area contributed by atoms with Gasteiger partial charge in [-0.2, -0.15) is 0 Å². The molecule has 0 bridgehead atoms. The van der Waals surface area contributed by atoms with Crippen molar-refractivity contribution in [2.24, 2.45) is 0 Å². The van der Waals surface area contributed by atoms with E-state index in [4.69, 9.17) is 9.57 Å². The first-order valence-corrected chi connectivity index (χ1v) is 10.8. The van der Waals surface area contributed by atoms with Crippen molar-refractivity contribution >= 4 is 16.9 Å². The van der Waals surface area contributed by atoms with E-state index in [2.05, 4.69) is 27.6 Å². The number of rotatable bonds is 8. The summed E-state index contributed by atoms with van der Waals surface area (Å²) in [6.45, 7) is 0.641. The second-order valence-electron chi connectivity index (χ2n) is 7.78. The summed E-state index contributed by atoms with van der Waals surface area (Å²) >= 11 is 0. The Labute approximate surface area is 180 Å². The fraction of sp³-hybridized carbons (Fsp3) is 0.375. The van der Waals surface area contributed by atoms with Crippen molar-refractivity contribution in [1.29, 1.82) is 0 Å². The van der Waals surface area contributed by atoms with Crippen LogP contribution in [0.1, 0.15) is 53.7 Å². The van der Waals surface area contributed by atoms with Gasteiger partial charge < -0.3 is 9.72 Å². The molecule has 3 aromatic rings. The summed E-state index contributed by atoms with van der Waals surface area (Å²) in [5, 5.41) is 0. The number of H-pyrrole nitrogens is 1. The summed E-state index contributed by atoms with van der Waals surface area (Å²) in [4.78, 5) is 37.5. The number of unbranched alkanes of at least 4 members (excludes halogenated alkanes) is 1. The van der Waals surface area contributed by atoms with Crippen molar-refractivity contribution in [3.05, 3.63) is 75.7 Å². The highest BCUT2D eigenvalue weighted by Crippen LogP contribution is 2.15. The van der Waals surface area contributed by atoms with E-state index in [1.165, 1.54) is 5.56 Å². The molecule has 0 radical (unpaired) electrons. The number of hydrogen-bond acceptors (Lipinski definition) is 5. The van der Waals surface area contributed by atoms with Gasteiger partial charge >= 0.3 is 0 Å². The maximum atomic E-state index is 12.4. The van der Waals surface area contributed by atoms with Crippen LogP contribution in [0.2, 0.25) is 0 Å². The molecule has 7 nitrogen and oxygen atoms in total. The summed E-state index contributed by atoms with van der Waals surface area (Å²) in [5.41, 5.74) is 5.66. The van der Waals surface area contributed by atoms with Crippen molar-refractivity contribution < 1.29 is 14.4 Å². The maximum Gasteiger partial charge on any atom is 0.275 e. The molecule has 1 amide bonds. The maximum absolute atomic E-state index is 12.4. The number of benzene rings is 2. The van der Waals surface area contributed by atoms with E-state index >= 15 is 0 Å². The molecule has 1 aliphatic rings. The number of carbonyl (C=O) groups excluding carboxylic acids is 1. The lowest BCUT2D eigenvalue weighted by atomic mass is 10.1. The van der Waals surface area contributed by atoms with Gasteiger partial charge in [0.15, 0.2) is 6.29 Å². The van der Waals surface area contributed by atoms with Crippen LogP contribution in [0.4, 0.5) is 0 Å². The van der Waals surface area contributed by atoms with Gasteiger partial charge in [0, 0.05) is 18.6 Å². The molecule has 0 saturated carbocycles. The van der Waals surface area contributed by atoms with E-state index in [9.17, 15) is 9.59 Å². The summed E-state index contributed by atoms with van der Waals surface area (Å²) in [7, 11) is 0. The minimum atomic E-state index is -0.407. The number of nitrogens with zero attached hydrogens (tertiary/aromatic N) is 1. The van der Waals surface area contributed by atoms with Crippen molar-refractivity contribution in [2.75, 3.05) is 6.61 Å². The molecule has 2 N–H and O–H groups in total. The first-order chi connectivity index (χ1) is 15.2. The van der Waals surface area contributed by atoms with Gasteiger partial charge in [0.25, 0.3) is 11.5 Å². The van der Waals surface area contributed by atoms with E-state index in [1.807, 2.05) is 18.2 Å². The molecule has 1 atom stereocenters. The van der Waals surface area contributed by atoms with Crippen molar-refractivity contribution in [3.8, 4) is 0 Å². The number of aryl methyl sites for hydroxylation is 2. The van der Waals surface area contributed by atoms with Crippen molar-refractivity contribution in [3.63, 3.8) is 0 Å². The third-order valence-electron chi connectivity index (χ3n) is 5.42. The smallest absolute Gasteiger partial charge is 0.275 e. The summed E-state index contributed by atoms with van der Waals surface area (Å²) in [6.07, 6.45) is 5.79. The van der Waals surface area contributed by atoms with Crippen LogP contribution in [-0.2, 0) is 22.4 Å². The first-order valence-electron chi connectivity index (χ1n) is 10.8. The molecule has 31 heavy (non-hydrogen) atoms. The highest BCUT2D eigenvalue weighted by atomic mass is 16.8. The lowest BCUT2D eigenvalue weighted by Crippen LogP contribution is -2.33. The van der Waals surface area contributed by atoms with Gasteiger partial charge in [0.2, 0.25) is 0 Å². The molecule has 7 heteroatoms. The van der Waals surface area contributed by atoms with E-state index in [0.717, 1.165) is 38.5 Å². The summed E-state index contributed by atoms with van der Waals surface area (Å²) < 4.78 is 5.45. The molecule has 1 saturated heterocycles. The number of ether oxygens (including phenoxy) is 1. The molecular formula is C24H27N3O4. The molecule has 2 heterocycles. The third kappa shape index (κ3) is 5.77. The topological polar surface area (TPSA) is 93.3 Å². The predicted molar refractivity (Wildman–Crippen MR) is 118 cm³/mol. The largest absolute Gasteiger partial charge is 0.350 e. The van der Waals surface area contributed by atoms with Crippen LogP contribution in [0.5, 0.6) is 0 Å². The molecule has 0 aliphatic carbocycles. The lowest BCUT2D eigenvalue weighted by Gasteiger charge is -2.22. The number of nitrogens with one attached hydrogen (secondary N) is 2. The first kappa shape index (κ1) is 21.2. The van der Waals surface area contributed by atoms with Gasteiger partial charge in [-0.25, -0.2) is 15.3 Å². The Morgan fingerprint density at radius 1 is 1.13 bits per heavy atom. The molecule has 1 aliphatic heterocycles. The normalized spacial score (nSPS) is 16.3. The molecule has 1 fully saturated rings. The van der Waals surface area contributed by atoms with E-state index < -0.39 is 6.29 Å². The van der Waals surface area contributed by atoms with E-state index in [1.54, 1.807) is 18.2 Å². The number of carbonyl (C=O) groups is 1. The van der Waals surface area contributed by atoms with Gasteiger partial charge in [0.05, 0.1) is 11.0 Å². The Balaban J connectivity index is 1.38. The van der Waals surface area contributed by atoms with E-state index in [0.29, 0.717) is 35.3 Å². The fourth-order valence-corrected chi connectivity index (χ4v) is 3.68. The average Bonchev–Trinajstić information content (AvgIpc) is 2.81. The van der Waals surface area contributed by atoms with Crippen LogP contribution in [0.15, 0.2) is 53.3 Å². The van der Waals surface area contributed by atoms with Crippen molar-refractivity contribution in [1.82, 2.24) is 15.4 Å². The van der Waals surface area contributed by atoms with Gasteiger partial charge in [-0.3, -0.25) is 9.59 Å². The minimum Gasteiger partial charge on any atom is -0.350 e. The second kappa shape index (κ2) is 10.3. The number of aromatic nitrogens is 2. The molecule has 1 aromatic heterocycles. The van der Waals surface area contributed by atoms with Gasteiger partial charge in [-0.15, -0.1) is 0 Å². The number of hydroxylamine groups is 1. The summed E-state index contributed by atoms with van der Waals surface area (Å²) in [6, 6.07) is 15.3. The highest BCUT2D eigenvalue weighted by Gasteiger charge is 2.17. The van der Waals surface area contributed by atoms with Crippen LogP contribution < -0.4 is 11.0 Å². The van der Waals surface area contributed by atoms with Crippen molar-refractivity contribution in [2.45, 2.75) is 51.2 Å². The standard InChI is InChI=1S/C24H27N3O4/c28-23(27-31-22-12-6-7-15-30-22)18-13-14-19-21(16-18)25-20(24(29)26-19)11-5-4-10-17-8-2-1-3-9-17/h1-3,8-9,13-14,16,22H,4-7,10-12,15H2,(H,26,29)(H,27,28). The Morgan fingerprint density at radius 2 is 1.97 bits per heavy atom. The summed E-state index contributed by atoms with van der Waals surface area (Å²) in [5.74, 6) is -0.367. The zero-order chi connectivity index (χ0) is 21.5. The quantitative estimate of drug-likeness (QED) is 0.428. The Morgan fingerprint density at radius 3 is 2.77 bits per heavy atom. The van der Waals surface area contributed by atoms with Crippen LogP contribution in [-0.4, -0.2) is 28.8 Å².